The average Bonchev–Trinajstić information content (AvgIpc) is 2.85. The molecule has 3 amide bonds. The summed E-state index contributed by atoms with van der Waals surface area (Å²) in [6.45, 7) is 3.61. The number of hydrogen-bond donors (Lipinski definition) is 3. The largest absolute Gasteiger partial charge is 0.497 e. The number of ether oxygens (including phenoxy) is 2. The Bertz CT molecular complexity index is 1220. The number of nitrogens with zero attached hydrogens (tertiary/aromatic N) is 2. The second-order valence-electron chi connectivity index (χ2n) is 9.16. The molecule has 0 unspecified atom stereocenters. The summed E-state index contributed by atoms with van der Waals surface area (Å²) in [6.07, 6.45) is 0.460. The van der Waals surface area contributed by atoms with Gasteiger partial charge in [-0.15, -0.1) is 0 Å². The molecular weight excluding hydrogens is 500 g/mol. The van der Waals surface area contributed by atoms with Gasteiger partial charge in [0, 0.05) is 25.2 Å². The predicted octanol–water partition coefficient (Wildman–Crippen LogP) is 2.45. The monoisotopic (exact) mass is 534 g/mol. The number of methoxy groups -OCH3 is 1. The number of fused-ring (bicyclic) bond motifs is 1. The topological polar surface area (TPSA) is 138 Å². The maximum atomic E-state index is 13.5. The quantitative estimate of drug-likeness (QED) is 0.473. The Morgan fingerprint density at radius 1 is 1.24 bits per heavy atom. The second kappa shape index (κ2) is 11.8. The first-order chi connectivity index (χ1) is 17.4. The molecule has 0 radical (unpaired) electrons. The average molecular weight is 535 g/mol. The molecule has 3 N–H and O–H groups in total. The summed E-state index contributed by atoms with van der Waals surface area (Å²) in [5, 5.41) is 15.2. The number of sulfonamides is 1. The minimum Gasteiger partial charge on any atom is -0.497 e. The lowest BCUT2D eigenvalue weighted by molar-refractivity contribution is 0.0389. The lowest BCUT2D eigenvalue weighted by atomic mass is 9.99. The molecule has 0 bridgehead atoms. The highest BCUT2D eigenvalue weighted by atomic mass is 32.2. The predicted molar refractivity (Wildman–Crippen MR) is 141 cm³/mol. The van der Waals surface area contributed by atoms with Crippen molar-refractivity contribution in [2.45, 2.75) is 26.0 Å². The molecule has 2 aromatic rings. The van der Waals surface area contributed by atoms with Crippen molar-refractivity contribution in [2.75, 3.05) is 50.7 Å². The van der Waals surface area contributed by atoms with E-state index in [9.17, 15) is 23.1 Å². The Kier molecular flexibility index (Phi) is 9.00. The van der Waals surface area contributed by atoms with Crippen molar-refractivity contribution in [3.8, 4) is 11.5 Å². The van der Waals surface area contributed by atoms with Gasteiger partial charge in [-0.3, -0.25) is 4.79 Å². The Balaban J connectivity index is 1.97. The molecule has 11 nitrogen and oxygen atoms in total. The van der Waals surface area contributed by atoms with E-state index >= 15 is 0 Å². The number of benzene rings is 2. The molecule has 1 aliphatic heterocycles. The summed E-state index contributed by atoms with van der Waals surface area (Å²) >= 11 is 0. The van der Waals surface area contributed by atoms with Crippen LogP contribution in [0, 0.1) is 5.92 Å². The minimum atomic E-state index is -3.49. The van der Waals surface area contributed by atoms with E-state index in [1.807, 2.05) is 6.92 Å². The van der Waals surface area contributed by atoms with Gasteiger partial charge < -0.3 is 30.1 Å². The zero-order chi connectivity index (χ0) is 27.3. The minimum absolute atomic E-state index is 0.0291. The van der Waals surface area contributed by atoms with Gasteiger partial charge in [0.05, 0.1) is 43.8 Å². The summed E-state index contributed by atoms with van der Waals surface area (Å²) in [4.78, 5) is 27.9. The zero-order valence-electron chi connectivity index (χ0n) is 21.6. The van der Waals surface area contributed by atoms with Gasteiger partial charge in [-0.25, -0.2) is 17.5 Å². The molecule has 0 spiro atoms. The van der Waals surface area contributed by atoms with Crippen molar-refractivity contribution in [3.63, 3.8) is 0 Å². The lowest BCUT2D eigenvalue weighted by Crippen LogP contribution is -2.50. The first-order valence-corrected chi connectivity index (χ1v) is 13.6. The molecule has 0 saturated heterocycles. The number of aliphatic hydroxyl groups is 1. The van der Waals surface area contributed by atoms with E-state index in [0.29, 0.717) is 11.4 Å². The van der Waals surface area contributed by atoms with Gasteiger partial charge in [0.1, 0.15) is 11.9 Å². The van der Waals surface area contributed by atoms with Crippen LogP contribution in [0.15, 0.2) is 42.5 Å². The van der Waals surface area contributed by atoms with Crippen molar-refractivity contribution in [2.24, 2.45) is 5.92 Å². The highest BCUT2D eigenvalue weighted by Gasteiger charge is 2.35. The number of carbonyl (C=O) groups excluding carboxylic acids is 2. The number of amides is 3. The first-order valence-electron chi connectivity index (χ1n) is 11.8. The summed E-state index contributed by atoms with van der Waals surface area (Å²) < 4.78 is 36.8. The van der Waals surface area contributed by atoms with E-state index in [4.69, 9.17) is 9.47 Å². The number of carbonyl (C=O) groups is 2. The van der Waals surface area contributed by atoms with Crippen molar-refractivity contribution >= 4 is 33.3 Å². The number of para-hydroxylation sites is 1. The Morgan fingerprint density at radius 3 is 2.51 bits per heavy atom. The van der Waals surface area contributed by atoms with Crippen molar-refractivity contribution < 1.29 is 32.6 Å². The van der Waals surface area contributed by atoms with Gasteiger partial charge in [0.15, 0.2) is 5.75 Å². The number of nitrogens with one attached hydrogen (secondary N) is 2. The van der Waals surface area contributed by atoms with Crippen molar-refractivity contribution in [3.05, 3.63) is 48.0 Å². The number of aliphatic hydroxyl groups excluding tert-OH is 1. The van der Waals surface area contributed by atoms with E-state index < -0.39 is 28.2 Å². The molecule has 37 heavy (non-hydrogen) atoms. The lowest BCUT2D eigenvalue weighted by Gasteiger charge is -2.38. The van der Waals surface area contributed by atoms with Gasteiger partial charge in [-0.2, -0.15) is 0 Å². The third kappa shape index (κ3) is 6.90. The molecule has 3 rings (SSSR count). The highest BCUT2D eigenvalue weighted by molar-refractivity contribution is 7.88. The smallest absolute Gasteiger partial charge is 0.323 e. The van der Waals surface area contributed by atoms with Gasteiger partial charge >= 0.3 is 6.03 Å². The second-order valence-corrected chi connectivity index (χ2v) is 11.2. The first kappa shape index (κ1) is 28.2. The number of rotatable bonds is 8. The molecule has 202 valence electrons. The fourth-order valence-electron chi connectivity index (χ4n) is 3.91. The van der Waals surface area contributed by atoms with E-state index in [-0.39, 0.29) is 48.5 Å². The van der Waals surface area contributed by atoms with Crippen LogP contribution >= 0.6 is 0 Å². The molecule has 0 saturated carbocycles. The van der Waals surface area contributed by atoms with E-state index in [1.54, 1.807) is 61.4 Å². The molecule has 0 aliphatic carbocycles. The number of hydrogen-bond acceptors (Lipinski definition) is 7. The van der Waals surface area contributed by atoms with E-state index in [1.165, 1.54) is 11.4 Å². The van der Waals surface area contributed by atoms with Crippen LogP contribution in [0.1, 0.15) is 24.2 Å². The van der Waals surface area contributed by atoms with Gasteiger partial charge in [0.25, 0.3) is 5.91 Å². The molecule has 0 aromatic heterocycles. The summed E-state index contributed by atoms with van der Waals surface area (Å²) in [5.41, 5.74) is 0.967. The summed E-state index contributed by atoms with van der Waals surface area (Å²) in [7, 11) is -0.493. The zero-order valence-corrected chi connectivity index (χ0v) is 22.4. The van der Waals surface area contributed by atoms with Gasteiger partial charge in [-0.05, 0) is 43.3 Å². The standard InChI is InChI=1S/C25H34N4O7S/c1-16-13-29(17(2)15-30)24(31)20-7-6-8-21(23(20)36-22(16)14-28(3)37(5,33)34)27-25(32)26-18-9-11-19(35-4)12-10-18/h6-12,16-17,22,30H,13-15H2,1-5H3,(H2,26,27,32)/t16-,17-,22-/m0/s1. The molecule has 1 aliphatic rings. The number of anilines is 2. The van der Waals surface area contributed by atoms with Crippen LogP contribution in [-0.2, 0) is 10.0 Å². The highest BCUT2D eigenvalue weighted by Crippen LogP contribution is 2.35. The molecular formula is C25H34N4O7S. The summed E-state index contributed by atoms with van der Waals surface area (Å²) in [6, 6.07) is 10.5. The molecule has 3 atom stereocenters. The Hall–Kier alpha value is -3.35. The Morgan fingerprint density at radius 2 is 1.92 bits per heavy atom. The van der Waals surface area contributed by atoms with E-state index in [0.717, 1.165) is 6.26 Å². The van der Waals surface area contributed by atoms with Crippen LogP contribution in [0.2, 0.25) is 0 Å². The van der Waals surface area contributed by atoms with Crippen LogP contribution in [0.5, 0.6) is 11.5 Å². The maximum Gasteiger partial charge on any atom is 0.323 e. The SMILES string of the molecule is COc1ccc(NC(=O)Nc2cccc3c2O[C@@H](CN(C)S(C)(=O)=O)[C@@H](C)CN([C@@H](C)CO)C3=O)cc1. The third-order valence-corrected chi connectivity index (χ3v) is 7.57. The number of urea groups is 1. The van der Waals surface area contributed by atoms with Gasteiger partial charge in [0.2, 0.25) is 10.0 Å². The molecule has 12 heteroatoms. The molecule has 2 aromatic carbocycles. The van der Waals surface area contributed by atoms with Crippen LogP contribution in [0.3, 0.4) is 0 Å². The summed E-state index contributed by atoms with van der Waals surface area (Å²) in [5.74, 6) is 0.114. The maximum absolute atomic E-state index is 13.5. The van der Waals surface area contributed by atoms with Gasteiger partial charge in [-0.1, -0.05) is 13.0 Å². The molecule has 1 heterocycles. The fraction of sp³-hybridized carbons (Fsp3) is 0.440. The third-order valence-electron chi connectivity index (χ3n) is 6.29. The number of likely N-dealkylation sites (N-methyl/N-ethyl adjacent to an activating group) is 1. The van der Waals surface area contributed by atoms with Crippen LogP contribution in [0.4, 0.5) is 16.2 Å². The molecule has 0 fully saturated rings. The van der Waals surface area contributed by atoms with Crippen molar-refractivity contribution in [1.82, 2.24) is 9.21 Å². The fourth-order valence-corrected chi connectivity index (χ4v) is 4.33. The normalized spacial score (nSPS) is 18.8. The van der Waals surface area contributed by atoms with E-state index in [2.05, 4.69) is 10.6 Å². The van der Waals surface area contributed by atoms with Crippen LogP contribution < -0.4 is 20.1 Å². The van der Waals surface area contributed by atoms with Crippen molar-refractivity contribution in [1.29, 1.82) is 0 Å². The van der Waals surface area contributed by atoms with Crippen LogP contribution in [0.25, 0.3) is 0 Å². The Labute approximate surface area is 217 Å². The van der Waals surface area contributed by atoms with Crippen LogP contribution in [-0.4, -0.2) is 86.9 Å².